The third kappa shape index (κ3) is 3.98. The van der Waals surface area contributed by atoms with Crippen molar-refractivity contribution in [3.8, 4) is 5.82 Å². The summed E-state index contributed by atoms with van der Waals surface area (Å²) in [6.45, 7) is 0. The standard InChI is InChI=1S/C11H6N7.CO2.Na/c12-17-15-10-11(14-6-5-13-10)18-7-8-3-1-2-4-9(8)16-18;2-1-3;/h1-3,5-7H;;/q-1;;+1. The van der Waals surface area contributed by atoms with E-state index in [1.165, 1.54) is 17.1 Å². The van der Waals surface area contributed by atoms with Gasteiger partial charge >= 0.3 is 35.7 Å². The molecule has 3 rings (SSSR count). The van der Waals surface area contributed by atoms with Crippen molar-refractivity contribution in [3.63, 3.8) is 0 Å². The molecule has 0 N–H and O–H groups in total. The molecule has 1 aromatic carbocycles. The van der Waals surface area contributed by atoms with Gasteiger partial charge in [0, 0.05) is 17.3 Å². The molecular weight excluding hydrogens is 297 g/mol. The molecule has 0 aliphatic carbocycles. The van der Waals surface area contributed by atoms with Gasteiger partial charge in [0.15, 0.2) is 11.6 Å². The van der Waals surface area contributed by atoms with Crippen LogP contribution in [0.4, 0.5) is 5.82 Å². The van der Waals surface area contributed by atoms with Crippen molar-refractivity contribution >= 4 is 22.9 Å². The SMILES string of the molecule is O=C=O.[N-]=[N+]=Nc1nccnc1-n1cc2ccc[c-]c2n1.[Na+]. The second-order valence-electron chi connectivity index (χ2n) is 3.52. The van der Waals surface area contributed by atoms with Gasteiger partial charge in [-0.2, -0.15) is 39.0 Å². The van der Waals surface area contributed by atoms with E-state index in [4.69, 9.17) is 15.1 Å². The zero-order valence-electron chi connectivity index (χ0n) is 11.4. The van der Waals surface area contributed by atoms with Crippen LogP contribution < -0.4 is 29.6 Å². The summed E-state index contributed by atoms with van der Waals surface area (Å²) < 4.78 is 1.53. The van der Waals surface area contributed by atoms with Crippen LogP contribution in [0.25, 0.3) is 27.2 Å². The summed E-state index contributed by atoms with van der Waals surface area (Å²) >= 11 is 0. The molecule has 2 aromatic heterocycles. The van der Waals surface area contributed by atoms with E-state index in [0.29, 0.717) is 5.82 Å². The van der Waals surface area contributed by atoms with Crippen LogP contribution in [0.1, 0.15) is 0 Å². The Morgan fingerprint density at radius 2 is 2.05 bits per heavy atom. The smallest absolute Gasteiger partial charge is 0.249 e. The van der Waals surface area contributed by atoms with Crippen molar-refractivity contribution in [2.75, 3.05) is 0 Å². The Morgan fingerprint density at radius 1 is 1.32 bits per heavy atom. The van der Waals surface area contributed by atoms with Crippen LogP contribution in [0.5, 0.6) is 0 Å². The van der Waals surface area contributed by atoms with Crippen LogP contribution in [0.2, 0.25) is 0 Å². The summed E-state index contributed by atoms with van der Waals surface area (Å²) in [4.78, 5) is 27.1. The van der Waals surface area contributed by atoms with Crippen molar-refractivity contribution < 1.29 is 39.1 Å². The number of benzene rings is 1. The fourth-order valence-electron chi connectivity index (χ4n) is 1.61. The van der Waals surface area contributed by atoms with Crippen LogP contribution >= 0.6 is 0 Å². The van der Waals surface area contributed by atoms with E-state index in [1.807, 2.05) is 12.1 Å². The molecule has 0 saturated carbocycles. The van der Waals surface area contributed by atoms with Crippen LogP contribution in [0.3, 0.4) is 0 Å². The fraction of sp³-hybridized carbons (Fsp3) is 0. The molecule has 10 heteroatoms. The van der Waals surface area contributed by atoms with Gasteiger partial charge in [0.05, 0.1) is 0 Å². The van der Waals surface area contributed by atoms with Crippen LogP contribution in [0.15, 0.2) is 41.9 Å². The third-order valence-electron chi connectivity index (χ3n) is 2.35. The molecule has 3 aromatic rings. The maximum atomic E-state index is 8.49. The molecule has 0 fully saturated rings. The zero-order valence-corrected chi connectivity index (χ0v) is 13.4. The first kappa shape index (κ1) is 17.5. The quantitative estimate of drug-likeness (QED) is 0.197. The Hall–Kier alpha value is -2.54. The molecule has 0 aliphatic heterocycles. The summed E-state index contributed by atoms with van der Waals surface area (Å²) in [6.07, 6.45) is 5.01. The summed E-state index contributed by atoms with van der Waals surface area (Å²) in [5, 5.41) is 8.72. The molecule has 0 unspecified atom stereocenters. The van der Waals surface area contributed by atoms with Gasteiger partial charge in [-0.05, 0) is 22.4 Å². The van der Waals surface area contributed by atoms with Gasteiger partial charge in [0.25, 0.3) is 0 Å². The second kappa shape index (κ2) is 8.68. The number of nitrogens with zero attached hydrogens (tertiary/aromatic N) is 7. The normalized spacial score (nSPS) is 8.73. The largest absolute Gasteiger partial charge is 1.00 e. The molecule has 0 radical (unpaired) electrons. The van der Waals surface area contributed by atoms with Crippen LogP contribution in [-0.4, -0.2) is 25.9 Å². The number of hydrogen-bond donors (Lipinski definition) is 0. The van der Waals surface area contributed by atoms with E-state index in [0.717, 1.165) is 10.9 Å². The van der Waals surface area contributed by atoms with Gasteiger partial charge in [-0.3, -0.25) is 0 Å². The molecular formula is C12H6N7NaO2. The summed E-state index contributed by atoms with van der Waals surface area (Å²) in [7, 11) is 0. The molecule has 22 heavy (non-hydrogen) atoms. The van der Waals surface area contributed by atoms with E-state index in [1.54, 1.807) is 12.3 Å². The van der Waals surface area contributed by atoms with Crippen molar-refractivity contribution in [2.24, 2.45) is 5.11 Å². The van der Waals surface area contributed by atoms with E-state index >= 15 is 0 Å². The Morgan fingerprint density at radius 3 is 2.73 bits per heavy atom. The van der Waals surface area contributed by atoms with Crippen molar-refractivity contribution in [2.45, 2.75) is 0 Å². The average Bonchev–Trinajstić information content (AvgIpc) is 2.93. The second-order valence-corrected chi connectivity index (χ2v) is 3.52. The van der Waals surface area contributed by atoms with E-state index < -0.39 is 0 Å². The number of aromatic nitrogens is 4. The Labute approximate surface area is 145 Å². The maximum Gasteiger partial charge on any atom is 1.00 e. The summed E-state index contributed by atoms with van der Waals surface area (Å²) in [5.41, 5.74) is 9.20. The number of hydrogen-bond acceptors (Lipinski definition) is 6. The number of carbonyl (C=O) groups excluding carboxylic acids is 2. The van der Waals surface area contributed by atoms with Gasteiger partial charge in [0.2, 0.25) is 0 Å². The summed E-state index contributed by atoms with van der Waals surface area (Å²) in [6, 6.07) is 8.58. The first-order valence-electron chi connectivity index (χ1n) is 5.52. The van der Waals surface area contributed by atoms with Gasteiger partial charge < -0.3 is 0 Å². The molecule has 0 aliphatic rings. The molecule has 0 atom stereocenters. The predicted molar refractivity (Wildman–Crippen MR) is 69.3 cm³/mol. The average molecular weight is 303 g/mol. The molecule has 9 nitrogen and oxygen atoms in total. The Bertz CT molecular complexity index is 818. The van der Waals surface area contributed by atoms with Crippen molar-refractivity contribution in [3.05, 3.63) is 53.3 Å². The van der Waals surface area contributed by atoms with Crippen molar-refractivity contribution in [1.82, 2.24) is 19.7 Å². The van der Waals surface area contributed by atoms with Crippen LogP contribution in [0, 0.1) is 6.07 Å². The van der Waals surface area contributed by atoms with Gasteiger partial charge in [0.1, 0.15) is 0 Å². The predicted octanol–water partition coefficient (Wildman–Crippen LogP) is -1.02. The monoisotopic (exact) mass is 303 g/mol. The molecule has 102 valence electrons. The Kier molecular flexibility index (Phi) is 6.91. The number of rotatable bonds is 2. The van der Waals surface area contributed by atoms with Gasteiger partial charge in [-0.1, -0.05) is 5.39 Å². The van der Waals surface area contributed by atoms with E-state index in [-0.39, 0.29) is 41.5 Å². The first-order chi connectivity index (χ1) is 10.3. The molecule has 0 saturated heterocycles. The topological polar surface area (TPSA) is 126 Å². The number of azide groups is 1. The fourth-order valence-corrected chi connectivity index (χ4v) is 1.61. The molecule has 0 bridgehead atoms. The van der Waals surface area contributed by atoms with E-state index in [2.05, 4.69) is 31.2 Å². The minimum atomic E-state index is 0. The van der Waals surface area contributed by atoms with Crippen LogP contribution in [-0.2, 0) is 9.59 Å². The minimum absolute atomic E-state index is 0. The Balaban J connectivity index is 0.000000562. The molecule has 0 amide bonds. The molecule has 0 spiro atoms. The molecule has 2 heterocycles. The first-order valence-corrected chi connectivity index (χ1v) is 5.52. The minimum Gasteiger partial charge on any atom is -0.249 e. The number of fused-ring (bicyclic) bond motifs is 1. The maximum absolute atomic E-state index is 8.49. The van der Waals surface area contributed by atoms with Crippen molar-refractivity contribution in [1.29, 1.82) is 0 Å². The summed E-state index contributed by atoms with van der Waals surface area (Å²) in [5.74, 6) is 0.577. The van der Waals surface area contributed by atoms with Gasteiger partial charge in [-0.15, -0.1) is 0 Å². The third-order valence-corrected chi connectivity index (χ3v) is 2.35. The van der Waals surface area contributed by atoms with E-state index in [9.17, 15) is 0 Å². The zero-order chi connectivity index (χ0) is 15.1. The van der Waals surface area contributed by atoms with Gasteiger partial charge in [-0.25, -0.2) is 14.6 Å².